The van der Waals surface area contributed by atoms with Crippen LogP contribution in [0.4, 0.5) is 4.39 Å². The zero-order valence-electron chi connectivity index (χ0n) is 9.85. The van der Waals surface area contributed by atoms with Crippen molar-refractivity contribution in [2.24, 2.45) is 0 Å². The first kappa shape index (κ1) is 14.1. The number of hydrogen-bond donors (Lipinski definition) is 2. The average Bonchev–Trinajstić information content (AvgIpc) is 2.36. The molecular weight excluding hydrogens is 241 g/mol. The maximum atomic E-state index is 13.3. The molecule has 18 heavy (non-hydrogen) atoms. The molecule has 1 atom stereocenters. The summed E-state index contributed by atoms with van der Waals surface area (Å²) in [5.74, 6) is -2.24. The van der Waals surface area contributed by atoms with E-state index >= 15 is 0 Å². The molecule has 1 aromatic carbocycles. The molecule has 0 aliphatic rings. The van der Waals surface area contributed by atoms with Gasteiger partial charge in [0.1, 0.15) is 5.82 Å². The number of aliphatic hydroxyl groups excluding tert-OH is 1. The highest BCUT2D eigenvalue weighted by molar-refractivity contribution is 5.97. The van der Waals surface area contributed by atoms with E-state index in [1.165, 1.54) is 18.2 Å². The first-order valence-corrected chi connectivity index (χ1v) is 5.43. The molecule has 98 valence electrons. The smallest absolute Gasteiger partial charge is 0.331 e. The van der Waals surface area contributed by atoms with Gasteiger partial charge in [0.25, 0.3) is 5.91 Å². The third-order valence-corrected chi connectivity index (χ3v) is 2.18. The fourth-order valence-corrected chi connectivity index (χ4v) is 1.30. The lowest BCUT2D eigenvalue weighted by Gasteiger charge is -2.14. The second-order valence-corrected chi connectivity index (χ2v) is 3.44. The Hall–Kier alpha value is -1.95. The summed E-state index contributed by atoms with van der Waals surface area (Å²) in [4.78, 5) is 23.0. The van der Waals surface area contributed by atoms with Gasteiger partial charge in [0.15, 0.2) is 6.04 Å². The number of amides is 1. The quantitative estimate of drug-likeness (QED) is 0.750. The van der Waals surface area contributed by atoms with E-state index in [-0.39, 0.29) is 12.2 Å². The van der Waals surface area contributed by atoms with Gasteiger partial charge in [-0.3, -0.25) is 4.79 Å². The number of aliphatic hydroxyl groups is 1. The highest BCUT2D eigenvalue weighted by Crippen LogP contribution is 2.06. The maximum absolute atomic E-state index is 13.3. The Balaban J connectivity index is 2.74. The van der Waals surface area contributed by atoms with E-state index < -0.39 is 30.3 Å². The van der Waals surface area contributed by atoms with E-state index in [1.807, 2.05) is 0 Å². The van der Waals surface area contributed by atoms with Gasteiger partial charge in [-0.2, -0.15) is 0 Å². The number of nitrogens with one attached hydrogen (secondary N) is 1. The van der Waals surface area contributed by atoms with Crippen LogP contribution < -0.4 is 5.32 Å². The second kappa shape index (κ2) is 6.70. The lowest BCUT2D eigenvalue weighted by atomic mass is 10.2. The van der Waals surface area contributed by atoms with Gasteiger partial charge in [0.2, 0.25) is 0 Å². The van der Waals surface area contributed by atoms with Gasteiger partial charge in [-0.05, 0) is 19.1 Å². The van der Waals surface area contributed by atoms with Gasteiger partial charge in [-0.25, -0.2) is 9.18 Å². The van der Waals surface area contributed by atoms with Crippen LogP contribution in [0.3, 0.4) is 0 Å². The molecule has 0 fully saturated rings. The number of ether oxygens (including phenoxy) is 1. The Labute approximate surface area is 104 Å². The standard InChI is InChI=1S/C12H14FNO4/c1-2-18-12(17)10(7-15)14-11(16)8-5-3-4-6-9(8)13/h3-6,10,15H,2,7H2,1H3,(H,14,16). The molecule has 5 nitrogen and oxygen atoms in total. The van der Waals surface area contributed by atoms with Gasteiger partial charge >= 0.3 is 5.97 Å². The van der Waals surface area contributed by atoms with Gasteiger partial charge in [-0.15, -0.1) is 0 Å². The van der Waals surface area contributed by atoms with Crippen LogP contribution in [0.15, 0.2) is 24.3 Å². The van der Waals surface area contributed by atoms with Crippen LogP contribution in [0.25, 0.3) is 0 Å². The van der Waals surface area contributed by atoms with Gasteiger partial charge in [0.05, 0.1) is 18.8 Å². The Morgan fingerprint density at radius 2 is 2.11 bits per heavy atom. The Morgan fingerprint density at radius 1 is 1.44 bits per heavy atom. The van der Waals surface area contributed by atoms with Crippen molar-refractivity contribution in [2.75, 3.05) is 13.2 Å². The van der Waals surface area contributed by atoms with Crippen LogP contribution >= 0.6 is 0 Å². The van der Waals surface area contributed by atoms with Crippen LogP contribution in [0, 0.1) is 5.82 Å². The first-order valence-electron chi connectivity index (χ1n) is 5.43. The fraction of sp³-hybridized carbons (Fsp3) is 0.333. The minimum atomic E-state index is -1.20. The summed E-state index contributed by atoms with van der Waals surface area (Å²) in [6.45, 7) is 1.12. The van der Waals surface area contributed by atoms with Gasteiger partial charge < -0.3 is 15.2 Å². The molecule has 0 aromatic heterocycles. The largest absolute Gasteiger partial charge is 0.464 e. The second-order valence-electron chi connectivity index (χ2n) is 3.44. The monoisotopic (exact) mass is 255 g/mol. The third kappa shape index (κ3) is 3.53. The molecule has 0 saturated carbocycles. The van der Waals surface area contributed by atoms with E-state index in [4.69, 9.17) is 5.11 Å². The molecule has 1 amide bonds. The average molecular weight is 255 g/mol. The third-order valence-electron chi connectivity index (χ3n) is 2.18. The maximum Gasteiger partial charge on any atom is 0.331 e. The van der Waals surface area contributed by atoms with Crippen LogP contribution in [0.1, 0.15) is 17.3 Å². The summed E-state index contributed by atoms with van der Waals surface area (Å²) in [6, 6.07) is 4.16. The highest BCUT2D eigenvalue weighted by atomic mass is 19.1. The first-order chi connectivity index (χ1) is 8.60. The Bertz CT molecular complexity index is 436. The zero-order valence-corrected chi connectivity index (χ0v) is 9.85. The van der Waals surface area contributed by atoms with Crippen molar-refractivity contribution in [3.63, 3.8) is 0 Å². The Morgan fingerprint density at radius 3 is 2.67 bits per heavy atom. The van der Waals surface area contributed by atoms with Gasteiger partial charge in [-0.1, -0.05) is 12.1 Å². The summed E-state index contributed by atoms with van der Waals surface area (Å²) in [7, 11) is 0. The number of carbonyl (C=O) groups is 2. The van der Waals surface area contributed by atoms with Crippen molar-refractivity contribution in [2.45, 2.75) is 13.0 Å². The summed E-state index contributed by atoms with van der Waals surface area (Å²) in [5.41, 5.74) is -0.194. The lowest BCUT2D eigenvalue weighted by Crippen LogP contribution is -2.44. The van der Waals surface area contributed by atoms with Crippen molar-refractivity contribution in [1.82, 2.24) is 5.32 Å². The predicted octanol–water partition coefficient (Wildman–Crippen LogP) is 0.479. The Kier molecular flexibility index (Phi) is 5.26. The molecule has 0 spiro atoms. The number of esters is 1. The molecule has 2 N–H and O–H groups in total. The molecule has 0 radical (unpaired) electrons. The summed E-state index contributed by atoms with van der Waals surface area (Å²) in [6.07, 6.45) is 0. The molecule has 0 saturated heterocycles. The minimum absolute atomic E-state index is 0.130. The van der Waals surface area contributed by atoms with E-state index in [1.54, 1.807) is 6.92 Å². The molecule has 1 aromatic rings. The topological polar surface area (TPSA) is 75.6 Å². The number of hydrogen-bond acceptors (Lipinski definition) is 4. The number of rotatable bonds is 5. The predicted molar refractivity (Wildman–Crippen MR) is 61.4 cm³/mol. The summed E-state index contributed by atoms with van der Waals surface area (Å²) >= 11 is 0. The molecule has 0 aliphatic carbocycles. The molecule has 1 rings (SSSR count). The lowest BCUT2D eigenvalue weighted by molar-refractivity contribution is -0.146. The van der Waals surface area contributed by atoms with Gasteiger partial charge in [0, 0.05) is 0 Å². The van der Waals surface area contributed by atoms with E-state index in [9.17, 15) is 14.0 Å². The van der Waals surface area contributed by atoms with Crippen LogP contribution in [-0.2, 0) is 9.53 Å². The highest BCUT2D eigenvalue weighted by Gasteiger charge is 2.22. The SMILES string of the molecule is CCOC(=O)C(CO)NC(=O)c1ccccc1F. The van der Waals surface area contributed by atoms with Crippen LogP contribution in [0.2, 0.25) is 0 Å². The van der Waals surface area contributed by atoms with E-state index in [0.29, 0.717) is 0 Å². The number of halogens is 1. The fourth-order valence-electron chi connectivity index (χ4n) is 1.30. The van der Waals surface area contributed by atoms with Crippen molar-refractivity contribution < 1.29 is 23.8 Å². The number of benzene rings is 1. The van der Waals surface area contributed by atoms with E-state index in [0.717, 1.165) is 6.07 Å². The summed E-state index contributed by atoms with van der Waals surface area (Å²) in [5, 5.41) is 11.2. The van der Waals surface area contributed by atoms with E-state index in [2.05, 4.69) is 10.1 Å². The van der Waals surface area contributed by atoms with Crippen LogP contribution in [0.5, 0.6) is 0 Å². The van der Waals surface area contributed by atoms with Crippen molar-refractivity contribution in [1.29, 1.82) is 0 Å². The molecule has 6 heteroatoms. The van der Waals surface area contributed by atoms with Crippen molar-refractivity contribution >= 4 is 11.9 Å². The molecule has 0 bridgehead atoms. The number of carbonyl (C=O) groups excluding carboxylic acids is 2. The zero-order chi connectivity index (χ0) is 13.5. The normalized spacial score (nSPS) is 11.7. The van der Waals surface area contributed by atoms with Crippen LogP contribution in [-0.4, -0.2) is 36.2 Å². The van der Waals surface area contributed by atoms with Crippen molar-refractivity contribution in [3.05, 3.63) is 35.6 Å². The molecule has 1 unspecified atom stereocenters. The molecule has 0 aliphatic heterocycles. The van der Waals surface area contributed by atoms with Crippen molar-refractivity contribution in [3.8, 4) is 0 Å². The summed E-state index contributed by atoms with van der Waals surface area (Å²) < 4.78 is 18.0. The molecule has 0 heterocycles. The minimum Gasteiger partial charge on any atom is -0.464 e. The molecular formula is C12H14FNO4.